The molecule has 0 unspecified atom stereocenters. The number of halogens is 1. The van der Waals surface area contributed by atoms with Gasteiger partial charge < -0.3 is 5.73 Å². The SMILES string of the molecule is CC1CCC(NS(=O)(=O)c2ccc(N)c(F)c2)CC1. The van der Waals surface area contributed by atoms with Crippen molar-refractivity contribution in [2.45, 2.75) is 43.5 Å². The number of nitrogens with two attached hydrogens (primary N) is 1. The van der Waals surface area contributed by atoms with Crippen LogP contribution in [0.1, 0.15) is 32.6 Å². The second-order valence-corrected chi connectivity index (χ2v) is 6.98. The highest BCUT2D eigenvalue weighted by Crippen LogP contribution is 2.25. The molecule has 106 valence electrons. The standard InChI is InChI=1S/C13H19FN2O2S/c1-9-2-4-10(5-3-9)16-19(17,18)11-6-7-13(15)12(14)8-11/h6-10,16H,2-5,15H2,1H3. The quantitative estimate of drug-likeness (QED) is 0.837. The molecule has 0 radical (unpaired) electrons. The van der Waals surface area contributed by atoms with Crippen molar-refractivity contribution in [1.29, 1.82) is 0 Å². The molecule has 2 rings (SSSR count). The fourth-order valence-electron chi connectivity index (χ4n) is 2.34. The van der Waals surface area contributed by atoms with Crippen LogP contribution in [0.3, 0.4) is 0 Å². The predicted octanol–water partition coefficient (Wildman–Crippen LogP) is 2.26. The van der Waals surface area contributed by atoms with Gasteiger partial charge in [-0.05, 0) is 49.8 Å². The molecule has 3 N–H and O–H groups in total. The first-order chi connectivity index (χ1) is 8.88. The lowest BCUT2D eigenvalue weighted by Gasteiger charge is -2.26. The van der Waals surface area contributed by atoms with Crippen LogP contribution in [0.2, 0.25) is 0 Å². The summed E-state index contributed by atoms with van der Waals surface area (Å²) in [5.74, 6) is -0.0603. The van der Waals surface area contributed by atoms with Gasteiger partial charge in [0.2, 0.25) is 10.0 Å². The lowest BCUT2D eigenvalue weighted by Crippen LogP contribution is -2.37. The molecular weight excluding hydrogens is 267 g/mol. The molecular formula is C13H19FN2O2S. The molecule has 1 aromatic rings. The van der Waals surface area contributed by atoms with Gasteiger partial charge in [0.25, 0.3) is 0 Å². The maximum atomic E-state index is 13.3. The van der Waals surface area contributed by atoms with Gasteiger partial charge in [-0.1, -0.05) is 6.92 Å². The van der Waals surface area contributed by atoms with Crippen LogP contribution in [-0.4, -0.2) is 14.5 Å². The minimum absolute atomic E-state index is 0.0505. The molecule has 0 aromatic heterocycles. The molecule has 0 amide bonds. The Labute approximate surface area is 113 Å². The molecule has 0 aliphatic heterocycles. The van der Waals surface area contributed by atoms with E-state index in [1.54, 1.807) is 0 Å². The second kappa shape index (κ2) is 5.46. The van der Waals surface area contributed by atoms with E-state index in [0.717, 1.165) is 31.7 Å². The van der Waals surface area contributed by atoms with E-state index in [4.69, 9.17) is 5.73 Å². The Morgan fingerprint density at radius 1 is 1.26 bits per heavy atom. The maximum Gasteiger partial charge on any atom is 0.240 e. The molecule has 0 bridgehead atoms. The van der Waals surface area contributed by atoms with Crippen LogP contribution in [-0.2, 0) is 10.0 Å². The zero-order chi connectivity index (χ0) is 14.0. The summed E-state index contributed by atoms with van der Waals surface area (Å²) in [5, 5.41) is 0. The summed E-state index contributed by atoms with van der Waals surface area (Å²) in [6.07, 6.45) is 3.70. The molecule has 4 nitrogen and oxygen atoms in total. The van der Waals surface area contributed by atoms with E-state index >= 15 is 0 Å². The van der Waals surface area contributed by atoms with E-state index in [2.05, 4.69) is 11.6 Å². The number of benzene rings is 1. The summed E-state index contributed by atoms with van der Waals surface area (Å²) >= 11 is 0. The van der Waals surface area contributed by atoms with Gasteiger partial charge in [0, 0.05) is 6.04 Å². The van der Waals surface area contributed by atoms with Crippen molar-refractivity contribution in [3.05, 3.63) is 24.0 Å². The van der Waals surface area contributed by atoms with Crippen molar-refractivity contribution in [3.63, 3.8) is 0 Å². The molecule has 1 aromatic carbocycles. The van der Waals surface area contributed by atoms with Gasteiger partial charge in [0.15, 0.2) is 0 Å². The molecule has 0 saturated heterocycles. The van der Waals surface area contributed by atoms with Gasteiger partial charge in [-0.15, -0.1) is 0 Å². The second-order valence-electron chi connectivity index (χ2n) is 5.26. The number of nitrogens with one attached hydrogen (secondary N) is 1. The zero-order valence-electron chi connectivity index (χ0n) is 10.9. The Balaban J connectivity index is 2.11. The molecule has 6 heteroatoms. The van der Waals surface area contributed by atoms with Crippen LogP contribution in [0.4, 0.5) is 10.1 Å². The first kappa shape index (κ1) is 14.3. The van der Waals surface area contributed by atoms with Crippen LogP contribution < -0.4 is 10.5 Å². The minimum atomic E-state index is -3.66. The third-order valence-electron chi connectivity index (χ3n) is 3.62. The van der Waals surface area contributed by atoms with E-state index in [1.165, 1.54) is 12.1 Å². The Bertz CT molecular complexity index is 552. The van der Waals surface area contributed by atoms with Crippen LogP contribution in [0.25, 0.3) is 0 Å². The van der Waals surface area contributed by atoms with Crippen molar-refractivity contribution in [2.24, 2.45) is 5.92 Å². The highest BCUT2D eigenvalue weighted by atomic mass is 32.2. The summed E-state index contributed by atoms with van der Waals surface area (Å²) in [5.41, 5.74) is 5.29. The molecule has 0 heterocycles. The third-order valence-corrected chi connectivity index (χ3v) is 5.14. The van der Waals surface area contributed by atoms with Gasteiger partial charge >= 0.3 is 0 Å². The first-order valence-corrected chi connectivity index (χ1v) is 7.94. The normalized spacial score (nSPS) is 24.3. The fraction of sp³-hybridized carbons (Fsp3) is 0.538. The van der Waals surface area contributed by atoms with Gasteiger partial charge in [0.05, 0.1) is 10.6 Å². The average Bonchev–Trinajstić information content (AvgIpc) is 2.35. The average molecular weight is 286 g/mol. The van der Waals surface area contributed by atoms with E-state index in [1.807, 2.05) is 0 Å². The number of anilines is 1. The van der Waals surface area contributed by atoms with Gasteiger partial charge in [-0.3, -0.25) is 0 Å². The Morgan fingerprint density at radius 2 is 1.89 bits per heavy atom. The highest BCUT2D eigenvalue weighted by Gasteiger charge is 2.24. The van der Waals surface area contributed by atoms with Crippen molar-refractivity contribution in [3.8, 4) is 0 Å². The van der Waals surface area contributed by atoms with Crippen molar-refractivity contribution >= 4 is 15.7 Å². The molecule has 1 saturated carbocycles. The molecule has 0 spiro atoms. The largest absolute Gasteiger partial charge is 0.396 e. The first-order valence-electron chi connectivity index (χ1n) is 6.46. The maximum absolute atomic E-state index is 13.3. The van der Waals surface area contributed by atoms with E-state index < -0.39 is 15.8 Å². The van der Waals surface area contributed by atoms with Crippen LogP contribution >= 0.6 is 0 Å². The van der Waals surface area contributed by atoms with Crippen LogP contribution in [0.15, 0.2) is 23.1 Å². The van der Waals surface area contributed by atoms with Gasteiger partial charge in [-0.25, -0.2) is 17.5 Å². The van der Waals surface area contributed by atoms with Gasteiger partial charge in [-0.2, -0.15) is 0 Å². The van der Waals surface area contributed by atoms with E-state index in [-0.39, 0.29) is 16.6 Å². The summed E-state index contributed by atoms with van der Waals surface area (Å²) in [6, 6.07) is 3.50. The molecule has 1 aliphatic rings. The molecule has 0 atom stereocenters. The van der Waals surface area contributed by atoms with E-state index in [0.29, 0.717) is 5.92 Å². The van der Waals surface area contributed by atoms with Crippen molar-refractivity contribution in [2.75, 3.05) is 5.73 Å². The number of hydrogen-bond acceptors (Lipinski definition) is 3. The van der Waals surface area contributed by atoms with Crippen LogP contribution in [0.5, 0.6) is 0 Å². The third kappa shape index (κ3) is 3.45. The molecule has 1 fully saturated rings. The number of nitrogen functional groups attached to an aromatic ring is 1. The summed E-state index contributed by atoms with van der Waals surface area (Å²) < 4.78 is 40.2. The fourth-order valence-corrected chi connectivity index (χ4v) is 3.66. The monoisotopic (exact) mass is 286 g/mol. The predicted molar refractivity (Wildman–Crippen MR) is 72.6 cm³/mol. The highest BCUT2D eigenvalue weighted by molar-refractivity contribution is 7.89. The van der Waals surface area contributed by atoms with E-state index in [9.17, 15) is 12.8 Å². The van der Waals surface area contributed by atoms with Crippen molar-refractivity contribution < 1.29 is 12.8 Å². The summed E-state index contributed by atoms with van der Waals surface area (Å²) in [7, 11) is -3.66. The van der Waals surface area contributed by atoms with Crippen LogP contribution in [0, 0.1) is 11.7 Å². The Hall–Kier alpha value is -1.14. The Morgan fingerprint density at radius 3 is 2.47 bits per heavy atom. The smallest absolute Gasteiger partial charge is 0.240 e. The number of rotatable bonds is 3. The lowest BCUT2D eigenvalue weighted by molar-refractivity contribution is 0.332. The lowest BCUT2D eigenvalue weighted by atomic mass is 9.88. The summed E-state index contributed by atoms with van der Waals surface area (Å²) in [4.78, 5) is -0.0715. The topological polar surface area (TPSA) is 72.2 Å². The van der Waals surface area contributed by atoms with Crippen molar-refractivity contribution in [1.82, 2.24) is 4.72 Å². The Kier molecular flexibility index (Phi) is 4.10. The molecule has 19 heavy (non-hydrogen) atoms. The zero-order valence-corrected chi connectivity index (χ0v) is 11.7. The minimum Gasteiger partial charge on any atom is -0.396 e. The summed E-state index contributed by atoms with van der Waals surface area (Å²) in [6.45, 7) is 2.17. The number of sulfonamides is 1. The molecule has 1 aliphatic carbocycles. The van der Waals surface area contributed by atoms with Gasteiger partial charge in [0.1, 0.15) is 5.82 Å². The number of hydrogen-bond donors (Lipinski definition) is 2.